The van der Waals surface area contributed by atoms with Crippen molar-refractivity contribution in [2.75, 3.05) is 0 Å². The first-order valence-electron chi connectivity index (χ1n) is 11.3. The molecule has 2 heteroatoms. The second kappa shape index (κ2) is 16.6. The van der Waals surface area contributed by atoms with Crippen LogP contribution in [0.25, 0.3) is 0 Å². The highest BCUT2D eigenvalue weighted by Crippen LogP contribution is 2.32. The second-order valence-electron chi connectivity index (χ2n) is 7.95. The molecule has 0 heterocycles. The summed E-state index contributed by atoms with van der Waals surface area (Å²) >= 11 is 0. The topological polar surface area (TPSA) is 9.23 Å². The molecule has 0 N–H and O–H groups in total. The summed E-state index contributed by atoms with van der Waals surface area (Å²) in [5.41, 5.74) is 0. The molecule has 24 heavy (non-hydrogen) atoms. The predicted molar refractivity (Wildman–Crippen MR) is 113 cm³/mol. The Morgan fingerprint density at radius 1 is 0.583 bits per heavy atom. The summed E-state index contributed by atoms with van der Waals surface area (Å²) in [5, 5.41) is 0. The van der Waals surface area contributed by atoms with E-state index in [1.807, 2.05) is 0 Å². The van der Waals surface area contributed by atoms with Crippen LogP contribution in [0.1, 0.15) is 118 Å². The lowest BCUT2D eigenvalue weighted by Gasteiger charge is -2.35. The molecule has 0 aromatic heterocycles. The predicted octanol–water partition coefficient (Wildman–Crippen LogP) is 8.49. The van der Waals surface area contributed by atoms with Crippen LogP contribution < -0.4 is 0 Å². The summed E-state index contributed by atoms with van der Waals surface area (Å²) in [4.78, 5) is 0. The Bertz CT molecular complexity index is 223. The lowest BCUT2D eigenvalue weighted by molar-refractivity contribution is 0.198. The molecule has 0 aliphatic heterocycles. The largest absolute Gasteiger partial charge is 0.414 e. The molecule has 0 bridgehead atoms. The van der Waals surface area contributed by atoms with Gasteiger partial charge in [-0.2, -0.15) is 0 Å². The van der Waals surface area contributed by atoms with Crippen molar-refractivity contribution >= 4 is 8.32 Å². The highest BCUT2D eigenvalue weighted by atomic mass is 28.4. The maximum absolute atomic E-state index is 6.87. The first-order chi connectivity index (χ1) is 11.6. The fourth-order valence-electron chi connectivity index (χ4n) is 3.68. The summed E-state index contributed by atoms with van der Waals surface area (Å²) in [6.45, 7) is 11.5. The Balaban J connectivity index is 4.71. The van der Waals surface area contributed by atoms with E-state index in [2.05, 4.69) is 34.6 Å². The molecule has 0 spiro atoms. The van der Waals surface area contributed by atoms with E-state index in [-0.39, 0.29) is 0 Å². The zero-order valence-electron chi connectivity index (χ0n) is 17.8. The van der Waals surface area contributed by atoms with Gasteiger partial charge in [-0.15, -0.1) is 0 Å². The lowest BCUT2D eigenvalue weighted by Crippen LogP contribution is -2.41. The highest BCUT2D eigenvalue weighted by Gasteiger charge is 2.34. The molecular formula is C22H48OSi. The molecule has 146 valence electrons. The molecule has 0 saturated carbocycles. The Morgan fingerprint density at radius 3 is 1.25 bits per heavy atom. The van der Waals surface area contributed by atoms with Crippen LogP contribution in [0.4, 0.5) is 0 Å². The number of rotatable bonds is 18. The van der Waals surface area contributed by atoms with Crippen molar-refractivity contribution in [1.29, 1.82) is 0 Å². The van der Waals surface area contributed by atoms with Crippen LogP contribution in [0, 0.1) is 0 Å². The fraction of sp³-hybridized carbons (Fsp3) is 1.00. The molecular weight excluding hydrogens is 308 g/mol. The van der Waals surface area contributed by atoms with Gasteiger partial charge in [-0.1, -0.05) is 105 Å². The van der Waals surface area contributed by atoms with E-state index >= 15 is 0 Å². The van der Waals surface area contributed by atoms with Crippen LogP contribution in [0.3, 0.4) is 0 Å². The second-order valence-corrected chi connectivity index (χ2v) is 12.1. The molecule has 0 amide bonds. The summed E-state index contributed by atoms with van der Waals surface area (Å²) in [6, 6.07) is 4.28. The van der Waals surface area contributed by atoms with E-state index in [1.165, 1.54) is 102 Å². The Kier molecular flexibility index (Phi) is 16.8. The van der Waals surface area contributed by atoms with Crippen molar-refractivity contribution in [2.24, 2.45) is 0 Å². The van der Waals surface area contributed by atoms with Gasteiger partial charge >= 0.3 is 0 Å². The molecule has 0 saturated heterocycles. The van der Waals surface area contributed by atoms with E-state index in [9.17, 15) is 0 Å². The van der Waals surface area contributed by atoms with Crippen molar-refractivity contribution in [3.63, 3.8) is 0 Å². The molecule has 0 aromatic carbocycles. The average Bonchev–Trinajstić information content (AvgIpc) is 2.59. The Morgan fingerprint density at radius 2 is 0.958 bits per heavy atom. The first-order valence-corrected chi connectivity index (χ1v) is 13.8. The Hall–Kier alpha value is 0.177. The lowest BCUT2D eigenvalue weighted by atomic mass is 10.2. The van der Waals surface area contributed by atoms with E-state index in [0.29, 0.717) is 6.10 Å². The Labute approximate surface area is 155 Å². The van der Waals surface area contributed by atoms with Crippen LogP contribution in [-0.4, -0.2) is 14.4 Å². The number of hydrogen-bond acceptors (Lipinski definition) is 1. The maximum atomic E-state index is 6.87. The number of unbranched alkanes of at least 4 members (excludes halogenated alkanes) is 9. The van der Waals surface area contributed by atoms with Gasteiger partial charge in [-0.25, -0.2) is 0 Å². The SMILES string of the molecule is CCCCCC[Si](CCCCCC)(CCCCCC)OC(C)CC. The molecule has 1 unspecified atom stereocenters. The normalized spacial score (nSPS) is 13.4. The van der Waals surface area contributed by atoms with E-state index in [0.717, 1.165) is 0 Å². The average molecular weight is 357 g/mol. The molecule has 1 atom stereocenters. The summed E-state index contributed by atoms with van der Waals surface area (Å²) in [7, 11) is -1.53. The zero-order valence-corrected chi connectivity index (χ0v) is 18.8. The van der Waals surface area contributed by atoms with Crippen molar-refractivity contribution in [1.82, 2.24) is 0 Å². The van der Waals surface area contributed by atoms with Crippen molar-refractivity contribution < 1.29 is 4.43 Å². The van der Waals surface area contributed by atoms with E-state index < -0.39 is 8.32 Å². The van der Waals surface area contributed by atoms with Crippen LogP contribution in [0.15, 0.2) is 0 Å². The van der Waals surface area contributed by atoms with Gasteiger partial charge in [0.05, 0.1) is 0 Å². The molecule has 0 aliphatic rings. The van der Waals surface area contributed by atoms with Crippen molar-refractivity contribution in [3.05, 3.63) is 0 Å². The summed E-state index contributed by atoms with van der Waals surface area (Å²) in [5.74, 6) is 0. The van der Waals surface area contributed by atoms with Gasteiger partial charge in [0.25, 0.3) is 0 Å². The third-order valence-electron chi connectivity index (χ3n) is 5.48. The van der Waals surface area contributed by atoms with E-state index in [1.54, 1.807) is 0 Å². The summed E-state index contributed by atoms with van der Waals surface area (Å²) in [6.07, 6.45) is 18.4. The van der Waals surface area contributed by atoms with Gasteiger partial charge < -0.3 is 4.43 Å². The fourth-order valence-corrected chi connectivity index (χ4v) is 8.49. The highest BCUT2D eigenvalue weighted by molar-refractivity contribution is 6.73. The molecule has 0 aliphatic carbocycles. The molecule has 1 nitrogen and oxygen atoms in total. The molecule has 0 fully saturated rings. The van der Waals surface area contributed by atoms with Gasteiger partial charge in [-0.05, 0) is 31.5 Å². The minimum absolute atomic E-state index is 0.472. The molecule has 0 radical (unpaired) electrons. The molecule has 0 rings (SSSR count). The maximum Gasteiger partial charge on any atom is 0.193 e. The van der Waals surface area contributed by atoms with Gasteiger partial charge in [-0.3, -0.25) is 0 Å². The van der Waals surface area contributed by atoms with Crippen LogP contribution in [0.5, 0.6) is 0 Å². The van der Waals surface area contributed by atoms with Crippen LogP contribution in [-0.2, 0) is 4.43 Å². The standard InChI is InChI=1S/C22H48OSi/c1-6-10-13-16-19-24(23-22(5)9-4,20-17-14-11-7-2)21-18-15-12-8-3/h22H,6-21H2,1-5H3. The third-order valence-corrected chi connectivity index (χ3v) is 10.2. The summed E-state index contributed by atoms with van der Waals surface area (Å²) < 4.78 is 6.87. The quantitative estimate of drug-likeness (QED) is 0.177. The smallest absolute Gasteiger partial charge is 0.193 e. The van der Waals surface area contributed by atoms with Crippen LogP contribution in [0.2, 0.25) is 18.1 Å². The van der Waals surface area contributed by atoms with Gasteiger partial charge in [0.15, 0.2) is 8.32 Å². The third kappa shape index (κ3) is 12.5. The van der Waals surface area contributed by atoms with Crippen LogP contribution >= 0.6 is 0 Å². The molecule has 0 aromatic rings. The van der Waals surface area contributed by atoms with Crippen molar-refractivity contribution in [2.45, 2.75) is 142 Å². The zero-order chi connectivity index (χ0) is 18.1. The minimum atomic E-state index is -1.53. The van der Waals surface area contributed by atoms with E-state index in [4.69, 9.17) is 4.43 Å². The monoisotopic (exact) mass is 356 g/mol. The van der Waals surface area contributed by atoms with Gasteiger partial charge in [0.2, 0.25) is 0 Å². The minimum Gasteiger partial charge on any atom is -0.414 e. The first kappa shape index (κ1) is 24.2. The van der Waals surface area contributed by atoms with Gasteiger partial charge in [0.1, 0.15) is 0 Å². The number of hydrogen-bond donors (Lipinski definition) is 0. The van der Waals surface area contributed by atoms with Crippen molar-refractivity contribution in [3.8, 4) is 0 Å². The van der Waals surface area contributed by atoms with Gasteiger partial charge in [0, 0.05) is 6.10 Å².